The number of nitrogens with zero attached hydrogens (tertiary/aromatic N) is 2. The highest BCUT2D eigenvalue weighted by atomic mass is 19.2. The number of nitrogens with one attached hydrogen (secondary N) is 1. The molecular weight excluding hydrogens is 324 g/mol. The van der Waals surface area contributed by atoms with E-state index in [0.29, 0.717) is 16.8 Å². The first kappa shape index (κ1) is 16.8. The van der Waals surface area contributed by atoms with Crippen LogP contribution in [0.1, 0.15) is 34.6 Å². The molecule has 1 atom stereocenters. The highest BCUT2D eigenvalue weighted by Crippen LogP contribution is 2.18. The second-order valence-electron chi connectivity index (χ2n) is 5.76. The van der Waals surface area contributed by atoms with Crippen molar-refractivity contribution in [2.45, 2.75) is 19.9 Å². The van der Waals surface area contributed by atoms with Crippen molar-refractivity contribution in [2.75, 3.05) is 0 Å². The lowest BCUT2D eigenvalue weighted by molar-refractivity contribution is 0.0939. The van der Waals surface area contributed by atoms with E-state index >= 15 is 0 Å². The van der Waals surface area contributed by atoms with E-state index < -0.39 is 17.7 Å². The number of rotatable bonds is 4. The molecule has 0 spiro atoms. The van der Waals surface area contributed by atoms with Crippen LogP contribution in [0.2, 0.25) is 0 Å². The number of hydrogen-bond donors (Lipinski definition) is 1. The second kappa shape index (κ2) is 6.84. The van der Waals surface area contributed by atoms with Crippen LogP contribution >= 0.6 is 0 Å². The number of hydrogen-bond acceptors (Lipinski definition) is 2. The molecular formula is C19H17F2N3O. The molecule has 2 aromatic carbocycles. The molecule has 0 aliphatic heterocycles. The number of benzene rings is 2. The molecule has 0 saturated heterocycles. The molecule has 0 saturated carbocycles. The van der Waals surface area contributed by atoms with Gasteiger partial charge in [0.25, 0.3) is 5.91 Å². The van der Waals surface area contributed by atoms with Crippen molar-refractivity contribution in [1.29, 1.82) is 0 Å². The summed E-state index contributed by atoms with van der Waals surface area (Å²) in [7, 11) is 0. The van der Waals surface area contributed by atoms with E-state index in [9.17, 15) is 13.6 Å². The van der Waals surface area contributed by atoms with Gasteiger partial charge in [-0.2, -0.15) is 5.10 Å². The zero-order chi connectivity index (χ0) is 18.0. The lowest BCUT2D eigenvalue weighted by Gasteiger charge is -2.14. The number of halogens is 2. The summed E-state index contributed by atoms with van der Waals surface area (Å²) in [5.74, 6) is -2.18. The third kappa shape index (κ3) is 3.42. The van der Waals surface area contributed by atoms with Gasteiger partial charge in [0.2, 0.25) is 0 Å². The topological polar surface area (TPSA) is 46.9 Å². The van der Waals surface area contributed by atoms with Crippen LogP contribution in [0.5, 0.6) is 0 Å². The van der Waals surface area contributed by atoms with Crippen LogP contribution < -0.4 is 5.32 Å². The summed E-state index contributed by atoms with van der Waals surface area (Å²) in [6.45, 7) is 3.51. The molecule has 1 aromatic heterocycles. The van der Waals surface area contributed by atoms with Crippen molar-refractivity contribution in [3.05, 3.63) is 83.2 Å². The average Bonchev–Trinajstić information content (AvgIpc) is 2.99. The van der Waals surface area contributed by atoms with Crippen LogP contribution in [0.25, 0.3) is 5.69 Å². The molecule has 0 fully saturated rings. The highest BCUT2D eigenvalue weighted by Gasteiger charge is 2.18. The summed E-state index contributed by atoms with van der Waals surface area (Å²) in [6, 6.07) is 12.6. The van der Waals surface area contributed by atoms with E-state index in [2.05, 4.69) is 10.4 Å². The Labute approximate surface area is 144 Å². The predicted octanol–water partition coefficient (Wildman–Crippen LogP) is 3.95. The largest absolute Gasteiger partial charge is 0.345 e. The zero-order valence-electron chi connectivity index (χ0n) is 13.8. The fourth-order valence-electron chi connectivity index (χ4n) is 2.60. The highest BCUT2D eigenvalue weighted by molar-refractivity contribution is 5.95. The number of carbonyl (C=O) groups excluding carboxylic acids is 1. The molecule has 0 radical (unpaired) electrons. The summed E-state index contributed by atoms with van der Waals surface area (Å²) in [6.07, 6.45) is 1.50. The van der Waals surface area contributed by atoms with Crippen molar-refractivity contribution < 1.29 is 13.6 Å². The standard InChI is InChI=1S/C19H17F2N3O/c1-12(14-8-9-17(20)18(21)10-14)23-19(25)16-11-22-24(13(16)2)15-6-4-3-5-7-15/h3-12H,1-2H3,(H,23,25). The number of amides is 1. The van der Waals surface area contributed by atoms with Crippen molar-refractivity contribution in [1.82, 2.24) is 15.1 Å². The number of carbonyl (C=O) groups is 1. The second-order valence-corrected chi connectivity index (χ2v) is 5.76. The molecule has 3 rings (SSSR count). The third-order valence-electron chi connectivity index (χ3n) is 4.05. The monoisotopic (exact) mass is 341 g/mol. The zero-order valence-corrected chi connectivity index (χ0v) is 13.8. The van der Waals surface area contributed by atoms with E-state index in [1.807, 2.05) is 30.3 Å². The maximum Gasteiger partial charge on any atom is 0.255 e. The Hall–Kier alpha value is -3.02. The molecule has 128 valence electrons. The first-order valence-corrected chi connectivity index (χ1v) is 7.83. The van der Waals surface area contributed by atoms with E-state index in [1.165, 1.54) is 12.3 Å². The van der Waals surface area contributed by atoms with Gasteiger partial charge in [-0.15, -0.1) is 0 Å². The van der Waals surface area contributed by atoms with Gasteiger partial charge in [-0.3, -0.25) is 4.79 Å². The Balaban J connectivity index is 1.80. The Morgan fingerprint density at radius 1 is 1.12 bits per heavy atom. The van der Waals surface area contributed by atoms with Gasteiger partial charge in [-0.25, -0.2) is 13.5 Å². The lowest BCUT2D eigenvalue weighted by Crippen LogP contribution is -2.27. The Morgan fingerprint density at radius 2 is 1.84 bits per heavy atom. The van der Waals surface area contributed by atoms with Gasteiger partial charge in [-0.1, -0.05) is 24.3 Å². The smallest absolute Gasteiger partial charge is 0.255 e. The quantitative estimate of drug-likeness (QED) is 0.781. The molecule has 1 unspecified atom stereocenters. The molecule has 25 heavy (non-hydrogen) atoms. The third-order valence-corrected chi connectivity index (χ3v) is 4.05. The summed E-state index contributed by atoms with van der Waals surface area (Å²) in [5, 5.41) is 7.04. The van der Waals surface area contributed by atoms with Crippen molar-refractivity contribution in [3.8, 4) is 5.69 Å². The minimum absolute atomic E-state index is 0.322. The molecule has 0 aliphatic rings. The minimum atomic E-state index is -0.938. The van der Waals surface area contributed by atoms with Crippen LogP contribution in [0, 0.1) is 18.6 Å². The minimum Gasteiger partial charge on any atom is -0.345 e. The first-order valence-electron chi connectivity index (χ1n) is 7.83. The van der Waals surface area contributed by atoms with Crippen LogP contribution in [0.3, 0.4) is 0 Å². The molecule has 0 aliphatic carbocycles. The first-order chi connectivity index (χ1) is 12.0. The average molecular weight is 341 g/mol. The predicted molar refractivity (Wildman–Crippen MR) is 90.5 cm³/mol. The van der Waals surface area contributed by atoms with Gasteiger partial charge in [0.1, 0.15) is 0 Å². The molecule has 3 aromatic rings. The Bertz CT molecular complexity index is 906. The molecule has 0 bridgehead atoms. The number of para-hydroxylation sites is 1. The normalized spacial score (nSPS) is 12.0. The van der Waals surface area contributed by atoms with Crippen LogP contribution in [0.15, 0.2) is 54.7 Å². The maximum atomic E-state index is 13.4. The van der Waals surface area contributed by atoms with E-state index in [1.54, 1.807) is 18.5 Å². The number of aromatic nitrogens is 2. The van der Waals surface area contributed by atoms with E-state index in [0.717, 1.165) is 17.8 Å². The fourth-order valence-corrected chi connectivity index (χ4v) is 2.60. The van der Waals surface area contributed by atoms with Crippen LogP contribution in [-0.2, 0) is 0 Å². The van der Waals surface area contributed by atoms with Gasteiger partial charge in [0.05, 0.1) is 29.2 Å². The molecule has 1 heterocycles. The molecule has 1 N–H and O–H groups in total. The van der Waals surface area contributed by atoms with E-state index in [4.69, 9.17) is 0 Å². The van der Waals surface area contributed by atoms with Gasteiger partial charge < -0.3 is 5.32 Å². The molecule has 4 nitrogen and oxygen atoms in total. The Kier molecular flexibility index (Phi) is 4.61. The summed E-state index contributed by atoms with van der Waals surface area (Å²) in [5.41, 5.74) is 2.47. The lowest BCUT2D eigenvalue weighted by atomic mass is 10.1. The van der Waals surface area contributed by atoms with Crippen molar-refractivity contribution in [2.24, 2.45) is 0 Å². The van der Waals surface area contributed by atoms with Gasteiger partial charge in [-0.05, 0) is 43.7 Å². The summed E-state index contributed by atoms with van der Waals surface area (Å²) in [4.78, 5) is 12.5. The molecule has 6 heteroatoms. The molecule has 1 amide bonds. The van der Waals surface area contributed by atoms with Crippen LogP contribution in [0.4, 0.5) is 8.78 Å². The van der Waals surface area contributed by atoms with Crippen molar-refractivity contribution >= 4 is 5.91 Å². The Morgan fingerprint density at radius 3 is 2.52 bits per heavy atom. The van der Waals surface area contributed by atoms with Gasteiger partial charge in [0.15, 0.2) is 11.6 Å². The van der Waals surface area contributed by atoms with Crippen molar-refractivity contribution in [3.63, 3.8) is 0 Å². The summed E-state index contributed by atoms with van der Waals surface area (Å²) >= 11 is 0. The maximum absolute atomic E-state index is 13.4. The summed E-state index contributed by atoms with van der Waals surface area (Å²) < 4.78 is 28.1. The SMILES string of the molecule is Cc1c(C(=O)NC(C)c2ccc(F)c(F)c2)cnn1-c1ccccc1. The van der Waals surface area contributed by atoms with E-state index in [-0.39, 0.29) is 5.91 Å². The fraction of sp³-hybridized carbons (Fsp3) is 0.158. The van der Waals surface area contributed by atoms with Gasteiger partial charge >= 0.3 is 0 Å². The van der Waals surface area contributed by atoms with Gasteiger partial charge in [0, 0.05) is 0 Å². The van der Waals surface area contributed by atoms with Crippen LogP contribution in [-0.4, -0.2) is 15.7 Å².